The lowest BCUT2D eigenvalue weighted by atomic mass is 10.2. The molecule has 1 amide bonds. The minimum absolute atomic E-state index is 0.0674. The van der Waals surface area contributed by atoms with Crippen molar-refractivity contribution < 1.29 is 19.0 Å². The molecule has 0 aromatic heterocycles. The maximum Gasteiger partial charge on any atom is 0.226 e. The van der Waals surface area contributed by atoms with Crippen LogP contribution < -0.4 is 5.32 Å². The fourth-order valence-electron chi connectivity index (χ4n) is 1.33. The van der Waals surface area contributed by atoms with Gasteiger partial charge in [0.05, 0.1) is 25.2 Å². The molecule has 0 saturated heterocycles. The van der Waals surface area contributed by atoms with Crippen LogP contribution in [0.3, 0.4) is 0 Å². The van der Waals surface area contributed by atoms with E-state index in [2.05, 4.69) is 17.2 Å². The van der Waals surface area contributed by atoms with Crippen LogP contribution in [0.2, 0.25) is 0 Å². The van der Waals surface area contributed by atoms with Gasteiger partial charge in [-0.25, -0.2) is 4.39 Å². The molecule has 0 unspecified atom stereocenters. The van der Waals surface area contributed by atoms with Crippen molar-refractivity contribution in [2.24, 2.45) is 0 Å². The highest BCUT2D eigenvalue weighted by Gasteiger charge is 2.05. The fourth-order valence-corrected chi connectivity index (χ4v) is 1.33. The number of carbonyl (C=O) groups is 1. The topological polar surface area (TPSA) is 58.6 Å². The largest absolute Gasteiger partial charge is 0.395 e. The molecular weight excluding hydrogens is 249 g/mol. The molecule has 0 saturated carbocycles. The molecule has 0 atom stereocenters. The number of carbonyl (C=O) groups excluding carboxylic acids is 1. The highest BCUT2D eigenvalue weighted by Crippen LogP contribution is 2.14. The number of amides is 1. The van der Waals surface area contributed by atoms with E-state index in [1.54, 1.807) is 0 Å². The van der Waals surface area contributed by atoms with Gasteiger partial charge in [0, 0.05) is 19.2 Å². The predicted molar refractivity (Wildman–Crippen MR) is 70.1 cm³/mol. The van der Waals surface area contributed by atoms with Crippen molar-refractivity contribution in [3.63, 3.8) is 0 Å². The molecule has 0 fully saturated rings. The first-order chi connectivity index (χ1) is 9.17. The van der Waals surface area contributed by atoms with Gasteiger partial charge in [-0.3, -0.25) is 4.79 Å². The molecule has 102 valence electrons. The van der Waals surface area contributed by atoms with Crippen molar-refractivity contribution in [1.29, 1.82) is 0 Å². The third-order valence-electron chi connectivity index (χ3n) is 2.24. The summed E-state index contributed by atoms with van der Waals surface area (Å²) >= 11 is 0. The Labute approximate surface area is 111 Å². The number of nitrogens with one attached hydrogen (secondary N) is 1. The van der Waals surface area contributed by atoms with Gasteiger partial charge in [-0.15, -0.1) is 0 Å². The molecule has 0 aliphatic rings. The van der Waals surface area contributed by atoms with E-state index in [9.17, 15) is 9.18 Å². The van der Waals surface area contributed by atoms with E-state index in [0.717, 1.165) is 0 Å². The number of halogens is 1. The van der Waals surface area contributed by atoms with Crippen LogP contribution in [0, 0.1) is 17.7 Å². The third-order valence-corrected chi connectivity index (χ3v) is 2.24. The Bertz CT molecular complexity index is 491. The Morgan fingerprint density at radius 3 is 3.00 bits per heavy atom. The van der Waals surface area contributed by atoms with Gasteiger partial charge in [0.25, 0.3) is 0 Å². The molecule has 0 aliphatic carbocycles. The highest BCUT2D eigenvalue weighted by molar-refractivity contribution is 5.90. The molecule has 1 aromatic carbocycles. The van der Waals surface area contributed by atoms with Crippen LogP contribution in [0.5, 0.6) is 0 Å². The van der Waals surface area contributed by atoms with Crippen LogP contribution in [0.1, 0.15) is 18.4 Å². The zero-order valence-corrected chi connectivity index (χ0v) is 10.7. The number of methoxy groups -OCH3 is 1. The SMILES string of the molecule is COCCC(=O)Nc1ccc(F)c(C#CCCO)c1. The van der Waals surface area contributed by atoms with Crippen LogP contribution in [0.4, 0.5) is 10.1 Å². The molecule has 5 heteroatoms. The maximum absolute atomic E-state index is 13.4. The summed E-state index contributed by atoms with van der Waals surface area (Å²) in [4.78, 5) is 11.5. The van der Waals surface area contributed by atoms with Gasteiger partial charge in [0.15, 0.2) is 0 Å². The summed E-state index contributed by atoms with van der Waals surface area (Å²) in [6.45, 7) is 0.262. The fraction of sp³-hybridized carbons (Fsp3) is 0.357. The first-order valence-corrected chi connectivity index (χ1v) is 5.85. The zero-order chi connectivity index (χ0) is 14.1. The lowest BCUT2D eigenvalue weighted by Gasteiger charge is -2.05. The van der Waals surface area contributed by atoms with Crippen molar-refractivity contribution in [2.45, 2.75) is 12.8 Å². The van der Waals surface area contributed by atoms with Crippen molar-refractivity contribution >= 4 is 11.6 Å². The number of hydrogen-bond acceptors (Lipinski definition) is 3. The number of aliphatic hydroxyl groups excluding tert-OH is 1. The molecule has 0 spiro atoms. The summed E-state index contributed by atoms with van der Waals surface area (Å²) in [5.41, 5.74) is 0.675. The van der Waals surface area contributed by atoms with E-state index < -0.39 is 5.82 Å². The number of benzene rings is 1. The Morgan fingerprint density at radius 2 is 2.32 bits per heavy atom. The second-order valence-electron chi connectivity index (χ2n) is 3.76. The van der Waals surface area contributed by atoms with E-state index in [1.807, 2.05) is 0 Å². The standard InChI is InChI=1S/C14H16FNO3/c1-19-9-7-14(18)16-12-5-6-13(15)11(10-12)4-2-3-8-17/h5-6,10,17H,3,7-9H2,1H3,(H,16,18). The number of rotatable bonds is 5. The molecule has 0 aliphatic heterocycles. The number of hydrogen-bond donors (Lipinski definition) is 2. The number of aliphatic hydroxyl groups is 1. The Morgan fingerprint density at radius 1 is 1.53 bits per heavy atom. The van der Waals surface area contributed by atoms with E-state index in [0.29, 0.717) is 12.3 Å². The molecule has 19 heavy (non-hydrogen) atoms. The third kappa shape index (κ3) is 5.51. The van der Waals surface area contributed by atoms with Crippen molar-refractivity contribution in [3.05, 3.63) is 29.6 Å². The van der Waals surface area contributed by atoms with Crippen LogP contribution >= 0.6 is 0 Å². The summed E-state index contributed by atoms with van der Waals surface area (Å²) in [5.74, 6) is 4.58. The predicted octanol–water partition coefficient (Wildman–Crippen LogP) is 1.53. The molecular formula is C14H16FNO3. The quantitative estimate of drug-likeness (QED) is 0.794. The molecule has 1 rings (SSSR count). The van der Waals surface area contributed by atoms with E-state index >= 15 is 0 Å². The first kappa shape index (κ1) is 15.2. The monoisotopic (exact) mass is 265 g/mol. The zero-order valence-electron chi connectivity index (χ0n) is 10.7. The molecule has 1 aromatic rings. The molecule has 4 nitrogen and oxygen atoms in total. The highest BCUT2D eigenvalue weighted by atomic mass is 19.1. The first-order valence-electron chi connectivity index (χ1n) is 5.85. The van der Waals surface area contributed by atoms with E-state index in [1.165, 1.54) is 25.3 Å². The lowest BCUT2D eigenvalue weighted by molar-refractivity contribution is -0.117. The Hall–Kier alpha value is -1.90. The summed E-state index contributed by atoms with van der Waals surface area (Å²) in [5, 5.41) is 11.2. The maximum atomic E-state index is 13.4. The second kappa shape index (κ2) is 8.25. The molecule has 0 bridgehead atoms. The second-order valence-corrected chi connectivity index (χ2v) is 3.76. The summed E-state index contributed by atoms with van der Waals surface area (Å²) in [6, 6.07) is 4.18. The van der Waals surface area contributed by atoms with Crippen molar-refractivity contribution in [3.8, 4) is 11.8 Å². The van der Waals surface area contributed by atoms with Crippen LogP contribution in [-0.4, -0.2) is 31.3 Å². The minimum atomic E-state index is -0.458. The minimum Gasteiger partial charge on any atom is -0.395 e. The summed E-state index contributed by atoms with van der Waals surface area (Å²) in [6.07, 6.45) is 0.517. The van der Waals surface area contributed by atoms with Gasteiger partial charge >= 0.3 is 0 Å². The van der Waals surface area contributed by atoms with Crippen LogP contribution in [-0.2, 0) is 9.53 Å². The smallest absolute Gasteiger partial charge is 0.226 e. The Kier molecular flexibility index (Phi) is 6.58. The molecule has 0 heterocycles. The van der Waals surface area contributed by atoms with Gasteiger partial charge in [0.1, 0.15) is 5.82 Å². The summed E-state index contributed by atoms with van der Waals surface area (Å²) in [7, 11) is 1.51. The van der Waals surface area contributed by atoms with Crippen LogP contribution in [0.25, 0.3) is 0 Å². The van der Waals surface area contributed by atoms with Crippen molar-refractivity contribution in [2.75, 3.05) is 25.6 Å². The van der Waals surface area contributed by atoms with Gasteiger partial charge < -0.3 is 15.2 Å². The number of anilines is 1. The van der Waals surface area contributed by atoms with Gasteiger partial charge in [-0.2, -0.15) is 0 Å². The van der Waals surface area contributed by atoms with E-state index in [4.69, 9.17) is 9.84 Å². The normalized spacial score (nSPS) is 9.63. The average molecular weight is 265 g/mol. The van der Waals surface area contributed by atoms with E-state index in [-0.39, 0.29) is 30.9 Å². The molecule has 2 N–H and O–H groups in total. The van der Waals surface area contributed by atoms with Gasteiger partial charge in [0.2, 0.25) is 5.91 Å². The van der Waals surface area contributed by atoms with Gasteiger partial charge in [-0.05, 0) is 18.2 Å². The summed E-state index contributed by atoms with van der Waals surface area (Å²) < 4.78 is 18.2. The van der Waals surface area contributed by atoms with Gasteiger partial charge in [-0.1, -0.05) is 11.8 Å². The van der Waals surface area contributed by atoms with Crippen molar-refractivity contribution in [1.82, 2.24) is 0 Å². The van der Waals surface area contributed by atoms with Crippen LogP contribution in [0.15, 0.2) is 18.2 Å². The number of ether oxygens (including phenoxy) is 1. The molecule has 0 radical (unpaired) electrons. The average Bonchev–Trinajstić information content (AvgIpc) is 2.40. The Balaban J connectivity index is 2.73. The lowest BCUT2D eigenvalue weighted by Crippen LogP contribution is -2.13.